The van der Waals surface area contributed by atoms with E-state index in [4.69, 9.17) is 4.42 Å². The largest absolute Gasteiger partial charge is 0.411 e. The highest BCUT2D eigenvalue weighted by Gasteiger charge is 2.15. The Labute approximate surface area is 204 Å². The Morgan fingerprint density at radius 1 is 1.03 bits per heavy atom. The highest BCUT2D eigenvalue weighted by molar-refractivity contribution is 7.99. The van der Waals surface area contributed by atoms with Gasteiger partial charge in [-0.25, -0.2) is 8.42 Å². The second kappa shape index (κ2) is 10.3. The van der Waals surface area contributed by atoms with Gasteiger partial charge in [-0.3, -0.25) is 14.8 Å². The van der Waals surface area contributed by atoms with Crippen LogP contribution < -0.4 is 10.0 Å². The molecule has 2 aromatic heterocycles. The van der Waals surface area contributed by atoms with E-state index in [0.29, 0.717) is 16.4 Å². The number of carbonyl (C=O) groups excluding carboxylic acids is 1. The van der Waals surface area contributed by atoms with Crippen molar-refractivity contribution in [3.8, 4) is 11.5 Å². The quantitative estimate of drug-likeness (QED) is 0.316. The molecule has 13 heteroatoms. The second-order valence-corrected chi connectivity index (χ2v) is 10.7. The van der Waals surface area contributed by atoms with E-state index in [-0.39, 0.29) is 27.7 Å². The predicted octanol–water partition coefficient (Wildman–Crippen LogP) is 3.99. The lowest BCUT2D eigenvalue weighted by Gasteiger charge is -2.08. The van der Waals surface area contributed by atoms with Crippen LogP contribution in [0.15, 0.2) is 63.1 Å². The van der Waals surface area contributed by atoms with Gasteiger partial charge < -0.3 is 4.42 Å². The maximum absolute atomic E-state index is 12.5. The molecular weight excluding hydrogens is 496 g/mol. The van der Waals surface area contributed by atoms with Crippen molar-refractivity contribution in [2.75, 3.05) is 15.8 Å². The van der Waals surface area contributed by atoms with Gasteiger partial charge in [0.05, 0.1) is 10.6 Å². The van der Waals surface area contributed by atoms with Gasteiger partial charge in [0.25, 0.3) is 15.2 Å². The Kier molecular flexibility index (Phi) is 7.24. The van der Waals surface area contributed by atoms with Crippen LogP contribution in [-0.2, 0) is 21.2 Å². The number of anilines is 2. The average Bonchev–Trinajstić information content (AvgIpc) is 3.48. The van der Waals surface area contributed by atoms with Gasteiger partial charge in [0.2, 0.25) is 16.9 Å². The van der Waals surface area contributed by atoms with Crippen molar-refractivity contribution in [3.63, 3.8) is 0 Å². The molecule has 0 atom stereocenters. The van der Waals surface area contributed by atoms with E-state index < -0.39 is 10.0 Å². The molecule has 0 spiro atoms. The van der Waals surface area contributed by atoms with Crippen LogP contribution in [0.3, 0.4) is 0 Å². The van der Waals surface area contributed by atoms with Crippen LogP contribution in [-0.4, -0.2) is 40.5 Å². The smallest absolute Gasteiger partial charge is 0.277 e. The number of thioether (sulfide) groups is 1. The molecule has 2 heterocycles. The molecule has 0 aliphatic heterocycles. The summed E-state index contributed by atoms with van der Waals surface area (Å²) in [5.41, 5.74) is 1.99. The van der Waals surface area contributed by atoms with Gasteiger partial charge >= 0.3 is 0 Å². The zero-order chi connectivity index (χ0) is 24.1. The van der Waals surface area contributed by atoms with Gasteiger partial charge in [-0.05, 0) is 49.7 Å². The Hall–Kier alpha value is -3.29. The fourth-order valence-corrected chi connectivity index (χ4v) is 5.04. The molecule has 0 saturated heterocycles. The molecule has 2 aromatic carbocycles. The van der Waals surface area contributed by atoms with Crippen molar-refractivity contribution >= 4 is 49.8 Å². The number of sulfonamides is 1. The number of amides is 1. The molecular formula is C21H20N6O4S3. The number of nitrogens with zero attached hydrogens (tertiary/aromatic N) is 4. The van der Waals surface area contributed by atoms with Crippen LogP contribution in [0.5, 0.6) is 0 Å². The van der Waals surface area contributed by atoms with Gasteiger partial charge in [0.15, 0.2) is 0 Å². The summed E-state index contributed by atoms with van der Waals surface area (Å²) in [7, 11) is -3.69. The topological polar surface area (TPSA) is 140 Å². The number of aryl methyl sites for hydroxylation is 2. The number of benzene rings is 2. The molecule has 10 nitrogen and oxygen atoms in total. The SMILES string of the molecule is CCc1nnc(NC(=O)CSc2nnc(-c3ccc(NS(=O)(=O)c4ccc(C)cc4)cc3)o2)s1. The molecule has 1 amide bonds. The first-order chi connectivity index (χ1) is 16.3. The number of carbonyl (C=O) groups is 1. The Balaban J connectivity index is 1.34. The van der Waals surface area contributed by atoms with Crippen LogP contribution in [0.25, 0.3) is 11.5 Å². The van der Waals surface area contributed by atoms with Crippen LogP contribution >= 0.6 is 23.1 Å². The lowest BCUT2D eigenvalue weighted by atomic mass is 10.2. The van der Waals surface area contributed by atoms with Crippen LogP contribution in [0.4, 0.5) is 10.8 Å². The van der Waals surface area contributed by atoms with Gasteiger partial charge in [0, 0.05) is 11.3 Å². The van der Waals surface area contributed by atoms with Gasteiger partial charge in [-0.1, -0.05) is 47.7 Å². The van der Waals surface area contributed by atoms with Crippen molar-refractivity contribution in [1.82, 2.24) is 20.4 Å². The standard InChI is InChI=1S/C21H20N6O4S3/c1-3-18-23-25-20(33-18)22-17(28)12-32-21-26-24-19(31-21)14-6-8-15(9-7-14)27-34(29,30)16-10-4-13(2)5-11-16/h4-11,27H,3,12H2,1-2H3,(H,22,25,28). The van der Waals surface area contributed by atoms with E-state index in [1.165, 1.54) is 11.3 Å². The molecule has 0 bridgehead atoms. The number of rotatable bonds is 9. The first-order valence-electron chi connectivity index (χ1n) is 10.1. The summed E-state index contributed by atoms with van der Waals surface area (Å²) in [6.45, 7) is 3.85. The normalized spacial score (nSPS) is 11.4. The lowest BCUT2D eigenvalue weighted by Crippen LogP contribution is -2.13. The minimum Gasteiger partial charge on any atom is -0.411 e. The van der Waals surface area contributed by atoms with E-state index in [2.05, 4.69) is 30.4 Å². The van der Waals surface area contributed by atoms with Crippen LogP contribution in [0.2, 0.25) is 0 Å². The number of aromatic nitrogens is 4. The maximum Gasteiger partial charge on any atom is 0.277 e. The molecule has 0 unspecified atom stereocenters. The van der Waals surface area contributed by atoms with Crippen LogP contribution in [0.1, 0.15) is 17.5 Å². The third-order valence-electron chi connectivity index (χ3n) is 4.46. The minimum atomic E-state index is -3.69. The molecule has 0 radical (unpaired) electrons. The Morgan fingerprint density at radius 2 is 1.76 bits per heavy atom. The Bertz CT molecular complexity index is 1380. The predicted molar refractivity (Wildman–Crippen MR) is 130 cm³/mol. The highest BCUT2D eigenvalue weighted by atomic mass is 32.2. The minimum absolute atomic E-state index is 0.0718. The monoisotopic (exact) mass is 516 g/mol. The van der Waals surface area contributed by atoms with Gasteiger partial charge in [-0.15, -0.1) is 20.4 Å². The summed E-state index contributed by atoms with van der Waals surface area (Å²) < 4.78 is 33.2. The molecule has 0 fully saturated rings. The third kappa shape index (κ3) is 5.98. The van der Waals surface area contributed by atoms with Crippen molar-refractivity contribution in [2.45, 2.75) is 30.4 Å². The molecule has 176 valence electrons. The first kappa shape index (κ1) is 23.9. The number of hydrogen-bond acceptors (Lipinski definition) is 10. The zero-order valence-electron chi connectivity index (χ0n) is 18.2. The molecule has 4 rings (SSSR count). The average molecular weight is 517 g/mol. The van der Waals surface area contributed by atoms with Crippen molar-refractivity contribution in [2.24, 2.45) is 0 Å². The van der Waals surface area contributed by atoms with E-state index in [0.717, 1.165) is 28.8 Å². The number of nitrogens with one attached hydrogen (secondary N) is 2. The third-order valence-corrected chi connectivity index (χ3v) is 7.66. The van der Waals surface area contributed by atoms with Gasteiger partial charge in [0.1, 0.15) is 5.01 Å². The summed E-state index contributed by atoms with van der Waals surface area (Å²) in [4.78, 5) is 12.3. The molecule has 0 aliphatic carbocycles. The van der Waals surface area contributed by atoms with Gasteiger partial charge in [-0.2, -0.15) is 0 Å². The zero-order valence-corrected chi connectivity index (χ0v) is 20.6. The first-order valence-corrected chi connectivity index (χ1v) is 13.4. The summed E-state index contributed by atoms with van der Waals surface area (Å²) in [6, 6.07) is 13.2. The fourth-order valence-electron chi connectivity index (χ4n) is 2.73. The van der Waals surface area contributed by atoms with Crippen molar-refractivity contribution in [3.05, 3.63) is 59.1 Å². The molecule has 0 saturated carbocycles. The van der Waals surface area contributed by atoms with E-state index in [9.17, 15) is 13.2 Å². The Morgan fingerprint density at radius 3 is 2.44 bits per heavy atom. The van der Waals surface area contributed by atoms with Crippen molar-refractivity contribution < 1.29 is 17.6 Å². The summed E-state index contributed by atoms with van der Waals surface area (Å²) in [5, 5.41) is 20.0. The van der Waals surface area contributed by atoms with Crippen LogP contribution in [0, 0.1) is 6.92 Å². The second-order valence-electron chi connectivity index (χ2n) is 7.06. The lowest BCUT2D eigenvalue weighted by molar-refractivity contribution is -0.113. The van der Waals surface area contributed by atoms with Crippen molar-refractivity contribution in [1.29, 1.82) is 0 Å². The summed E-state index contributed by atoms with van der Waals surface area (Å²) in [5.74, 6) is 0.0731. The molecule has 4 aromatic rings. The van der Waals surface area contributed by atoms with E-state index in [1.807, 2.05) is 13.8 Å². The fraction of sp³-hybridized carbons (Fsp3) is 0.190. The molecule has 2 N–H and O–H groups in total. The maximum atomic E-state index is 12.5. The molecule has 0 aliphatic rings. The van der Waals surface area contributed by atoms with E-state index >= 15 is 0 Å². The summed E-state index contributed by atoms with van der Waals surface area (Å²) >= 11 is 2.43. The number of hydrogen-bond donors (Lipinski definition) is 2. The molecule has 34 heavy (non-hydrogen) atoms. The highest BCUT2D eigenvalue weighted by Crippen LogP contribution is 2.25. The summed E-state index contributed by atoms with van der Waals surface area (Å²) in [6.07, 6.45) is 0.757. The van der Waals surface area contributed by atoms with E-state index in [1.54, 1.807) is 48.5 Å².